The number of rotatable bonds is 5. The predicted molar refractivity (Wildman–Crippen MR) is 250 cm³/mol. The fraction of sp³-hybridized carbons (Fsp3) is 0.0169. The molecular formula is C59H38. The Balaban J connectivity index is 1.07. The molecule has 1 aliphatic carbocycles. The second-order valence-corrected chi connectivity index (χ2v) is 15.9. The minimum atomic E-state index is -0.495. The van der Waals surface area contributed by atoms with E-state index < -0.39 is 5.41 Å². The molecule has 0 spiro atoms. The van der Waals surface area contributed by atoms with E-state index in [1.165, 1.54) is 110 Å². The molecule has 0 atom stereocenters. The van der Waals surface area contributed by atoms with Crippen LogP contribution in [0.3, 0.4) is 0 Å². The number of hydrogen-bond donors (Lipinski definition) is 0. The van der Waals surface area contributed by atoms with Crippen LogP contribution in [0, 0.1) is 0 Å². The molecule has 0 radical (unpaired) electrons. The van der Waals surface area contributed by atoms with Crippen LogP contribution in [0.1, 0.15) is 22.3 Å². The molecule has 0 fully saturated rings. The van der Waals surface area contributed by atoms with Gasteiger partial charge < -0.3 is 0 Å². The van der Waals surface area contributed by atoms with Gasteiger partial charge >= 0.3 is 0 Å². The summed E-state index contributed by atoms with van der Waals surface area (Å²) in [5.41, 5.74) is 14.8. The Kier molecular flexibility index (Phi) is 7.55. The Labute approximate surface area is 344 Å². The van der Waals surface area contributed by atoms with Crippen LogP contribution in [-0.4, -0.2) is 0 Å². The van der Waals surface area contributed by atoms with Crippen LogP contribution in [-0.2, 0) is 5.41 Å². The molecule has 0 saturated carbocycles. The van der Waals surface area contributed by atoms with Crippen LogP contribution in [0.15, 0.2) is 231 Å². The lowest BCUT2D eigenvalue weighted by atomic mass is 9.67. The average molecular weight is 747 g/mol. The van der Waals surface area contributed by atoms with E-state index in [1.54, 1.807) is 0 Å². The van der Waals surface area contributed by atoms with Gasteiger partial charge in [0.15, 0.2) is 0 Å². The van der Waals surface area contributed by atoms with Crippen molar-refractivity contribution in [3.8, 4) is 44.5 Å². The van der Waals surface area contributed by atoms with Gasteiger partial charge in [-0.2, -0.15) is 0 Å². The van der Waals surface area contributed by atoms with E-state index in [1.807, 2.05) is 0 Å². The summed E-state index contributed by atoms with van der Waals surface area (Å²) in [7, 11) is 0. The zero-order valence-electron chi connectivity index (χ0n) is 32.4. The van der Waals surface area contributed by atoms with Crippen molar-refractivity contribution < 1.29 is 0 Å². The highest BCUT2D eigenvalue weighted by Crippen LogP contribution is 2.56. The molecule has 59 heavy (non-hydrogen) atoms. The fourth-order valence-electron chi connectivity index (χ4n) is 10.5. The summed E-state index contributed by atoms with van der Waals surface area (Å²) in [6.45, 7) is 0. The van der Waals surface area contributed by atoms with E-state index in [0.717, 1.165) is 0 Å². The summed E-state index contributed by atoms with van der Waals surface area (Å²) < 4.78 is 0. The summed E-state index contributed by atoms with van der Waals surface area (Å²) in [5, 5.41) is 10.1. The molecule has 0 bridgehead atoms. The normalized spacial score (nSPS) is 12.9. The number of benzene rings is 11. The Bertz CT molecular complexity index is 3310. The first kappa shape index (κ1) is 33.6. The molecule has 0 N–H and O–H groups in total. The van der Waals surface area contributed by atoms with Crippen LogP contribution in [0.2, 0.25) is 0 Å². The topological polar surface area (TPSA) is 0 Å². The molecule has 0 amide bonds. The standard InChI is InChI=1S/C59H38/c1-3-19-45-39(15-1)17-13-27-46(45)41-31-35-43(36-32-41)59(55-29-11-9-21-48(55)49-22-10-12-30-56(49)59)44-37-33-42(34-38-44)57-51-23-5-7-25-53(51)58(54-26-8-6-24-52(54)57)50-28-14-18-40-16-2-4-20-47(40)50/h1-38H. The Morgan fingerprint density at radius 2 is 0.576 bits per heavy atom. The molecule has 274 valence electrons. The maximum Gasteiger partial charge on any atom is 0.0713 e. The van der Waals surface area contributed by atoms with Gasteiger partial charge in [-0.3, -0.25) is 0 Å². The average Bonchev–Trinajstić information content (AvgIpc) is 3.61. The van der Waals surface area contributed by atoms with Crippen LogP contribution >= 0.6 is 0 Å². The SMILES string of the molecule is c1ccc2c(c1)-c1ccccc1C2(c1ccc(-c2cccc3ccccc23)cc1)c1ccc(-c2c3ccccc3c(-c3cccc4ccccc34)c3ccccc23)cc1. The van der Waals surface area contributed by atoms with Crippen molar-refractivity contribution in [3.05, 3.63) is 253 Å². The van der Waals surface area contributed by atoms with Gasteiger partial charge in [-0.05, 0) is 110 Å². The highest BCUT2D eigenvalue weighted by atomic mass is 14.5. The number of hydrogen-bond acceptors (Lipinski definition) is 0. The smallest absolute Gasteiger partial charge is 0.0619 e. The third-order valence-corrected chi connectivity index (χ3v) is 13.0. The van der Waals surface area contributed by atoms with E-state index in [9.17, 15) is 0 Å². The quantitative estimate of drug-likeness (QED) is 0.154. The van der Waals surface area contributed by atoms with Crippen molar-refractivity contribution in [3.63, 3.8) is 0 Å². The van der Waals surface area contributed by atoms with Crippen molar-refractivity contribution in [2.45, 2.75) is 5.41 Å². The van der Waals surface area contributed by atoms with Crippen molar-refractivity contribution in [2.75, 3.05) is 0 Å². The molecule has 0 heteroatoms. The lowest BCUT2D eigenvalue weighted by Gasteiger charge is -2.34. The summed E-state index contributed by atoms with van der Waals surface area (Å²) >= 11 is 0. The van der Waals surface area contributed by atoms with Crippen molar-refractivity contribution in [1.29, 1.82) is 0 Å². The molecule has 1 aliphatic rings. The maximum absolute atomic E-state index is 2.40. The molecule has 0 nitrogen and oxygen atoms in total. The molecule has 0 heterocycles. The fourth-order valence-corrected chi connectivity index (χ4v) is 10.5. The Hall–Kier alpha value is -7.54. The van der Waals surface area contributed by atoms with E-state index in [2.05, 4.69) is 231 Å². The molecule has 0 unspecified atom stereocenters. The van der Waals surface area contributed by atoms with Gasteiger partial charge in [-0.1, -0.05) is 231 Å². The third kappa shape index (κ3) is 4.97. The molecule has 0 saturated heterocycles. The van der Waals surface area contributed by atoms with Crippen molar-refractivity contribution >= 4 is 43.1 Å². The maximum atomic E-state index is 2.40. The first-order chi connectivity index (χ1) is 29.3. The monoisotopic (exact) mass is 746 g/mol. The highest BCUT2D eigenvalue weighted by molar-refractivity contribution is 6.23. The first-order valence-electron chi connectivity index (χ1n) is 20.6. The van der Waals surface area contributed by atoms with Gasteiger partial charge in [0, 0.05) is 0 Å². The first-order valence-corrected chi connectivity index (χ1v) is 20.6. The van der Waals surface area contributed by atoms with E-state index in [4.69, 9.17) is 0 Å². The Morgan fingerprint density at radius 1 is 0.220 bits per heavy atom. The lowest BCUT2D eigenvalue weighted by Crippen LogP contribution is -2.28. The van der Waals surface area contributed by atoms with Crippen molar-refractivity contribution in [1.82, 2.24) is 0 Å². The van der Waals surface area contributed by atoms with Gasteiger partial charge in [-0.25, -0.2) is 0 Å². The van der Waals surface area contributed by atoms with E-state index in [-0.39, 0.29) is 0 Å². The highest BCUT2D eigenvalue weighted by Gasteiger charge is 2.45. The summed E-state index contributed by atoms with van der Waals surface area (Å²) in [6, 6.07) is 85.7. The Morgan fingerprint density at radius 3 is 1.10 bits per heavy atom. The van der Waals surface area contributed by atoms with Gasteiger partial charge in [0.25, 0.3) is 0 Å². The van der Waals surface area contributed by atoms with Crippen LogP contribution < -0.4 is 0 Å². The van der Waals surface area contributed by atoms with Crippen LogP contribution in [0.4, 0.5) is 0 Å². The molecule has 11 aromatic rings. The second-order valence-electron chi connectivity index (χ2n) is 15.9. The minimum Gasteiger partial charge on any atom is -0.0619 e. The van der Waals surface area contributed by atoms with Crippen molar-refractivity contribution in [2.24, 2.45) is 0 Å². The van der Waals surface area contributed by atoms with E-state index in [0.29, 0.717) is 0 Å². The van der Waals surface area contributed by atoms with Crippen LogP contribution in [0.5, 0.6) is 0 Å². The molecule has 0 aliphatic heterocycles. The molecular weight excluding hydrogens is 709 g/mol. The molecule has 12 rings (SSSR count). The second kappa shape index (κ2) is 13.3. The molecule has 0 aromatic heterocycles. The van der Waals surface area contributed by atoms with Gasteiger partial charge in [0.05, 0.1) is 5.41 Å². The van der Waals surface area contributed by atoms with E-state index >= 15 is 0 Å². The largest absolute Gasteiger partial charge is 0.0713 e. The van der Waals surface area contributed by atoms with Gasteiger partial charge in [0.1, 0.15) is 0 Å². The van der Waals surface area contributed by atoms with Gasteiger partial charge in [-0.15, -0.1) is 0 Å². The van der Waals surface area contributed by atoms with Gasteiger partial charge in [0.2, 0.25) is 0 Å². The zero-order valence-corrected chi connectivity index (χ0v) is 32.4. The molecule has 11 aromatic carbocycles. The third-order valence-electron chi connectivity index (χ3n) is 13.0. The zero-order chi connectivity index (χ0) is 38.9. The number of fused-ring (bicyclic) bond motifs is 7. The van der Waals surface area contributed by atoms with Crippen LogP contribution in [0.25, 0.3) is 87.6 Å². The lowest BCUT2D eigenvalue weighted by molar-refractivity contribution is 0.769. The summed E-state index contributed by atoms with van der Waals surface area (Å²) in [6.07, 6.45) is 0. The summed E-state index contributed by atoms with van der Waals surface area (Å²) in [5.74, 6) is 0. The predicted octanol–water partition coefficient (Wildman–Crippen LogP) is 15.7. The minimum absolute atomic E-state index is 0.495. The summed E-state index contributed by atoms with van der Waals surface area (Å²) in [4.78, 5) is 0.